The molecule has 118 valence electrons. The molecule has 3 heteroatoms. The van der Waals surface area contributed by atoms with Gasteiger partial charge in [0.2, 0.25) is 0 Å². The van der Waals surface area contributed by atoms with Crippen molar-refractivity contribution in [1.82, 2.24) is 5.32 Å². The molecule has 21 heavy (non-hydrogen) atoms. The Morgan fingerprint density at radius 3 is 2.57 bits per heavy atom. The van der Waals surface area contributed by atoms with Crippen molar-refractivity contribution < 1.29 is 4.39 Å². The Morgan fingerprint density at radius 1 is 1.19 bits per heavy atom. The topological polar surface area (TPSA) is 12.0 Å². The Morgan fingerprint density at radius 2 is 1.90 bits per heavy atom. The monoisotopic (exact) mass is 311 g/mol. The molecule has 1 atom stereocenters. The molecule has 0 heterocycles. The van der Waals surface area contributed by atoms with E-state index in [2.05, 4.69) is 19.2 Å². The molecule has 1 saturated carbocycles. The second kappa shape index (κ2) is 8.14. The molecule has 0 aromatic heterocycles. The van der Waals surface area contributed by atoms with E-state index in [0.717, 1.165) is 18.7 Å². The zero-order chi connectivity index (χ0) is 15.2. The van der Waals surface area contributed by atoms with Gasteiger partial charge >= 0.3 is 0 Å². The lowest BCUT2D eigenvalue weighted by Gasteiger charge is -2.31. The SMILES string of the molecule is CC(C)CNCC(c1cccc(Cl)c1F)C1CCCCC1. The lowest BCUT2D eigenvalue weighted by Crippen LogP contribution is -2.30. The van der Waals surface area contributed by atoms with Gasteiger partial charge < -0.3 is 5.32 Å². The molecule has 0 aliphatic heterocycles. The Hall–Kier alpha value is -0.600. The van der Waals surface area contributed by atoms with E-state index < -0.39 is 0 Å². The maximum Gasteiger partial charge on any atom is 0.145 e. The van der Waals surface area contributed by atoms with Crippen LogP contribution in [-0.4, -0.2) is 13.1 Å². The minimum Gasteiger partial charge on any atom is -0.316 e. The first-order valence-electron chi connectivity index (χ1n) is 8.24. The normalized spacial score (nSPS) is 18.1. The average Bonchev–Trinajstić information content (AvgIpc) is 2.48. The van der Waals surface area contributed by atoms with E-state index in [0.29, 0.717) is 11.8 Å². The molecule has 1 aromatic rings. The first-order chi connectivity index (χ1) is 10.1. The third kappa shape index (κ3) is 4.69. The third-order valence-electron chi connectivity index (χ3n) is 4.52. The molecule has 1 N–H and O–H groups in total. The maximum absolute atomic E-state index is 14.4. The van der Waals surface area contributed by atoms with Gasteiger partial charge in [0.05, 0.1) is 5.02 Å². The molecule has 0 spiro atoms. The maximum atomic E-state index is 14.4. The highest BCUT2D eigenvalue weighted by atomic mass is 35.5. The average molecular weight is 312 g/mol. The van der Waals surface area contributed by atoms with Gasteiger partial charge in [-0.2, -0.15) is 0 Å². The summed E-state index contributed by atoms with van der Waals surface area (Å²) in [5.74, 6) is 1.21. The fourth-order valence-electron chi connectivity index (χ4n) is 3.40. The predicted octanol–water partition coefficient (Wildman–Crippen LogP) is 5.39. The molecule has 0 bridgehead atoms. The van der Waals surface area contributed by atoms with E-state index in [1.165, 1.54) is 32.1 Å². The summed E-state index contributed by atoms with van der Waals surface area (Å²) in [4.78, 5) is 0. The van der Waals surface area contributed by atoms with E-state index in [4.69, 9.17) is 11.6 Å². The Labute approximate surface area is 133 Å². The lowest BCUT2D eigenvalue weighted by molar-refractivity contribution is 0.290. The summed E-state index contributed by atoms with van der Waals surface area (Å²) in [6, 6.07) is 5.43. The minimum absolute atomic E-state index is 0.221. The highest BCUT2D eigenvalue weighted by Crippen LogP contribution is 2.37. The van der Waals surface area contributed by atoms with Crippen LogP contribution in [0.4, 0.5) is 4.39 Å². The van der Waals surface area contributed by atoms with E-state index in [1.54, 1.807) is 6.07 Å². The molecule has 1 nitrogen and oxygen atoms in total. The Balaban J connectivity index is 2.15. The van der Waals surface area contributed by atoms with Crippen molar-refractivity contribution in [3.8, 4) is 0 Å². The molecule has 1 unspecified atom stereocenters. The molecule has 1 aromatic carbocycles. The van der Waals surface area contributed by atoms with Crippen LogP contribution < -0.4 is 5.32 Å². The first kappa shape index (κ1) is 16.8. The fraction of sp³-hybridized carbons (Fsp3) is 0.667. The van der Waals surface area contributed by atoms with Crippen LogP contribution in [0.5, 0.6) is 0 Å². The van der Waals surface area contributed by atoms with Crippen LogP contribution in [0.3, 0.4) is 0 Å². The number of nitrogens with one attached hydrogen (secondary N) is 1. The highest BCUT2D eigenvalue weighted by molar-refractivity contribution is 6.30. The number of rotatable bonds is 6. The predicted molar refractivity (Wildman–Crippen MR) is 88.4 cm³/mol. The van der Waals surface area contributed by atoms with Crippen molar-refractivity contribution in [2.75, 3.05) is 13.1 Å². The van der Waals surface area contributed by atoms with Crippen molar-refractivity contribution in [1.29, 1.82) is 0 Å². The summed E-state index contributed by atoms with van der Waals surface area (Å²) >= 11 is 5.99. The zero-order valence-corrected chi connectivity index (χ0v) is 13.9. The number of halogens is 2. The van der Waals surface area contributed by atoms with E-state index in [1.807, 2.05) is 12.1 Å². The largest absolute Gasteiger partial charge is 0.316 e. The van der Waals surface area contributed by atoms with Crippen LogP contribution in [0.2, 0.25) is 5.02 Å². The minimum atomic E-state index is -0.221. The quantitative estimate of drug-likeness (QED) is 0.743. The smallest absolute Gasteiger partial charge is 0.145 e. The van der Waals surface area contributed by atoms with Crippen LogP contribution in [0.1, 0.15) is 57.4 Å². The van der Waals surface area contributed by atoms with Crippen LogP contribution in [0.15, 0.2) is 18.2 Å². The van der Waals surface area contributed by atoms with Gasteiger partial charge in [0.15, 0.2) is 0 Å². The second-order valence-electron chi connectivity index (χ2n) is 6.70. The summed E-state index contributed by atoms with van der Waals surface area (Å²) < 4.78 is 14.4. The summed E-state index contributed by atoms with van der Waals surface area (Å²) in [6.45, 7) is 6.22. The number of benzene rings is 1. The van der Waals surface area contributed by atoms with Crippen LogP contribution in [-0.2, 0) is 0 Å². The lowest BCUT2D eigenvalue weighted by atomic mass is 9.76. The van der Waals surface area contributed by atoms with Gasteiger partial charge in [0.25, 0.3) is 0 Å². The molecule has 2 rings (SSSR count). The molecular weight excluding hydrogens is 285 g/mol. The standard InChI is InChI=1S/C18H27ClFN/c1-13(2)11-21-12-16(14-7-4-3-5-8-14)15-9-6-10-17(19)18(15)20/h6,9-10,13-14,16,21H,3-5,7-8,11-12H2,1-2H3. The summed E-state index contributed by atoms with van der Waals surface area (Å²) in [5.41, 5.74) is 0.797. The first-order valence-corrected chi connectivity index (χ1v) is 8.62. The molecule has 0 radical (unpaired) electrons. The second-order valence-corrected chi connectivity index (χ2v) is 7.11. The third-order valence-corrected chi connectivity index (χ3v) is 4.81. The molecule has 1 aliphatic carbocycles. The van der Waals surface area contributed by atoms with Gasteiger partial charge in [0, 0.05) is 12.5 Å². The van der Waals surface area contributed by atoms with Crippen molar-refractivity contribution in [3.63, 3.8) is 0 Å². The number of hydrogen-bond acceptors (Lipinski definition) is 1. The van der Waals surface area contributed by atoms with Crippen LogP contribution in [0, 0.1) is 17.7 Å². The van der Waals surface area contributed by atoms with E-state index >= 15 is 0 Å². The van der Waals surface area contributed by atoms with Gasteiger partial charge in [-0.3, -0.25) is 0 Å². The Bertz CT molecular complexity index is 441. The van der Waals surface area contributed by atoms with Gasteiger partial charge in [-0.25, -0.2) is 4.39 Å². The fourth-order valence-corrected chi connectivity index (χ4v) is 3.58. The van der Waals surface area contributed by atoms with E-state index in [9.17, 15) is 4.39 Å². The van der Waals surface area contributed by atoms with Gasteiger partial charge in [-0.05, 0) is 42.9 Å². The van der Waals surface area contributed by atoms with Crippen LogP contribution in [0.25, 0.3) is 0 Å². The summed E-state index contributed by atoms with van der Waals surface area (Å²) in [5, 5.41) is 3.77. The van der Waals surface area contributed by atoms with E-state index in [-0.39, 0.29) is 16.8 Å². The van der Waals surface area contributed by atoms with Crippen molar-refractivity contribution >= 4 is 11.6 Å². The van der Waals surface area contributed by atoms with Crippen molar-refractivity contribution in [2.45, 2.75) is 51.9 Å². The molecular formula is C18H27ClFN. The molecule has 1 aliphatic rings. The summed E-state index contributed by atoms with van der Waals surface area (Å²) in [7, 11) is 0. The van der Waals surface area contributed by atoms with Gasteiger partial charge in [-0.1, -0.05) is 56.8 Å². The molecule has 0 amide bonds. The van der Waals surface area contributed by atoms with Crippen molar-refractivity contribution in [2.24, 2.45) is 11.8 Å². The van der Waals surface area contributed by atoms with Crippen molar-refractivity contribution in [3.05, 3.63) is 34.6 Å². The molecule has 0 saturated heterocycles. The highest BCUT2D eigenvalue weighted by Gasteiger charge is 2.27. The van der Waals surface area contributed by atoms with Gasteiger partial charge in [-0.15, -0.1) is 0 Å². The molecule has 1 fully saturated rings. The zero-order valence-electron chi connectivity index (χ0n) is 13.2. The van der Waals surface area contributed by atoms with Gasteiger partial charge in [0.1, 0.15) is 5.82 Å². The summed E-state index contributed by atoms with van der Waals surface area (Å²) in [6.07, 6.45) is 6.28. The number of hydrogen-bond donors (Lipinski definition) is 1. The Kier molecular flexibility index (Phi) is 6.50. The van der Waals surface area contributed by atoms with Crippen LogP contribution >= 0.6 is 11.6 Å².